The quantitative estimate of drug-likeness (QED) is 0.400. The molecule has 1 unspecified atom stereocenters. The van der Waals surface area contributed by atoms with Crippen molar-refractivity contribution in [2.24, 2.45) is 0 Å². The molecule has 0 aromatic heterocycles. The Bertz CT molecular complexity index is 971. The molecule has 0 aliphatic carbocycles. The number of hydroxylamine groups is 1. The minimum atomic E-state index is -1.07. The standard InChI is InChI=1S/C26H32ClN3O3/c27-23-8-9-24(22(16-23)18-30-13-1-2-26(30)32)21-11-14-29(15-12-21)17-20-5-3-19(4-6-20)7-10-25(31)28-33/h3-10,16,21,25,28,31,33H,1-2,11-15,17-18H2/b10-7+. The lowest BCUT2D eigenvalue weighted by Gasteiger charge is -2.33. The third kappa shape index (κ3) is 6.43. The van der Waals surface area contributed by atoms with Crippen molar-refractivity contribution in [1.29, 1.82) is 0 Å². The van der Waals surface area contributed by atoms with Crippen molar-refractivity contribution in [3.05, 3.63) is 75.8 Å². The molecule has 4 rings (SSSR count). The first-order chi connectivity index (χ1) is 16.0. The Morgan fingerprint density at radius 3 is 2.52 bits per heavy atom. The fourth-order valence-electron chi connectivity index (χ4n) is 4.83. The molecule has 0 radical (unpaired) electrons. The number of nitrogens with zero attached hydrogens (tertiary/aromatic N) is 2. The first-order valence-electron chi connectivity index (χ1n) is 11.6. The van der Waals surface area contributed by atoms with E-state index < -0.39 is 6.23 Å². The lowest BCUT2D eigenvalue weighted by Crippen LogP contribution is -2.33. The Balaban J connectivity index is 1.34. The van der Waals surface area contributed by atoms with E-state index >= 15 is 0 Å². The molecular formula is C26H32ClN3O3. The number of aliphatic hydroxyl groups is 1. The van der Waals surface area contributed by atoms with Crippen LogP contribution in [-0.4, -0.2) is 51.9 Å². The topological polar surface area (TPSA) is 76.0 Å². The first kappa shape index (κ1) is 23.9. The van der Waals surface area contributed by atoms with E-state index in [0.29, 0.717) is 18.9 Å². The number of hydrogen-bond donors (Lipinski definition) is 3. The maximum absolute atomic E-state index is 12.1. The van der Waals surface area contributed by atoms with Gasteiger partial charge >= 0.3 is 0 Å². The van der Waals surface area contributed by atoms with Gasteiger partial charge < -0.3 is 15.2 Å². The van der Waals surface area contributed by atoms with Gasteiger partial charge in [0.15, 0.2) is 0 Å². The molecule has 6 nitrogen and oxygen atoms in total. The summed E-state index contributed by atoms with van der Waals surface area (Å²) >= 11 is 6.30. The largest absolute Gasteiger partial charge is 0.373 e. The van der Waals surface area contributed by atoms with E-state index in [0.717, 1.165) is 56.0 Å². The Labute approximate surface area is 200 Å². The van der Waals surface area contributed by atoms with E-state index in [2.05, 4.69) is 23.1 Å². The van der Waals surface area contributed by atoms with Gasteiger partial charge in [-0.1, -0.05) is 48.0 Å². The number of likely N-dealkylation sites (tertiary alicyclic amines) is 2. The molecule has 2 aromatic carbocycles. The van der Waals surface area contributed by atoms with Gasteiger partial charge in [0.25, 0.3) is 0 Å². The molecule has 2 aliphatic heterocycles. The van der Waals surface area contributed by atoms with Crippen LogP contribution in [0.25, 0.3) is 6.08 Å². The van der Waals surface area contributed by atoms with E-state index in [1.807, 2.05) is 29.2 Å². The average Bonchev–Trinajstić information content (AvgIpc) is 3.23. The second-order valence-electron chi connectivity index (χ2n) is 8.99. The Kier molecular flexibility index (Phi) is 8.17. The van der Waals surface area contributed by atoms with Gasteiger partial charge in [-0.2, -0.15) is 5.48 Å². The molecule has 2 aliphatic rings. The van der Waals surface area contributed by atoms with Crippen LogP contribution in [0.3, 0.4) is 0 Å². The molecule has 0 spiro atoms. The third-order valence-corrected chi connectivity index (χ3v) is 6.89. The van der Waals surface area contributed by atoms with Crippen molar-refractivity contribution in [1.82, 2.24) is 15.3 Å². The smallest absolute Gasteiger partial charge is 0.222 e. The second-order valence-corrected chi connectivity index (χ2v) is 9.42. The minimum absolute atomic E-state index is 0.249. The highest BCUT2D eigenvalue weighted by molar-refractivity contribution is 6.30. The maximum Gasteiger partial charge on any atom is 0.222 e. The van der Waals surface area contributed by atoms with Crippen molar-refractivity contribution in [2.75, 3.05) is 19.6 Å². The normalized spacial score (nSPS) is 19.0. The summed E-state index contributed by atoms with van der Waals surface area (Å²) in [6, 6.07) is 14.4. The van der Waals surface area contributed by atoms with Crippen LogP contribution in [-0.2, 0) is 17.9 Å². The van der Waals surface area contributed by atoms with Crippen molar-refractivity contribution >= 4 is 23.6 Å². The Hall–Kier alpha value is -2.22. The van der Waals surface area contributed by atoms with Crippen LogP contribution >= 0.6 is 11.6 Å². The number of carbonyl (C=O) groups is 1. The van der Waals surface area contributed by atoms with Crippen molar-refractivity contribution < 1.29 is 15.1 Å². The average molecular weight is 470 g/mol. The molecule has 2 saturated heterocycles. The molecule has 3 N–H and O–H groups in total. The summed E-state index contributed by atoms with van der Waals surface area (Å²) in [5.74, 6) is 0.740. The van der Waals surface area contributed by atoms with Gasteiger partial charge in [0.1, 0.15) is 6.23 Å². The number of hydrogen-bond acceptors (Lipinski definition) is 5. The molecule has 1 atom stereocenters. The van der Waals surface area contributed by atoms with E-state index in [4.69, 9.17) is 16.8 Å². The maximum atomic E-state index is 12.1. The number of amides is 1. The Morgan fingerprint density at radius 1 is 1.09 bits per heavy atom. The van der Waals surface area contributed by atoms with E-state index in [1.54, 1.807) is 11.6 Å². The number of rotatable bonds is 8. The van der Waals surface area contributed by atoms with Crippen LogP contribution < -0.4 is 5.48 Å². The van der Waals surface area contributed by atoms with Gasteiger partial charge in [-0.25, -0.2) is 0 Å². The Morgan fingerprint density at radius 2 is 1.85 bits per heavy atom. The summed E-state index contributed by atoms with van der Waals surface area (Å²) in [7, 11) is 0. The summed E-state index contributed by atoms with van der Waals surface area (Å²) in [6.45, 7) is 4.49. The van der Waals surface area contributed by atoms with Crippen LogP contribution in [0, 0.1) is 0 Å². The fraction of sp³-hybridized carbons (Fsp3) is 0.423. The highest BCUT2D eigenvalue weighted by Gasteiger charge is 2.25. The lowest BCUT2D eigenvalue weighted by molar-refractivity contribution is -0.128. The fourth-order valence-corrected chi connectivity index (χ4v) is 5.02. The van der Waals surface area contributed by atoms with E-state index in [1.165, 1.54) is 22.8 Å². The summed E-state index contributed by atoms with van der Waals surface area (Å²) in [5, 5.41) is 18.7. The molecule has 2 aromatic rings. The number of aliphatic hydroxyl groups excluding tert-OH is 1. The first-order valence-corrected chi connectivity index (χ1v) is 12.0. The van der Waals surface area contributed by atoms with Crippen LogP contribution in [0.2, 0.25) is 5.02 Å². The molecule has 176 valence electrons. The van der Waals surface area contributed by atoms with Crippen molar-refractivity contribution in [3.63, 3.8) is 0 Å². The van der Waals surface area contributed by atoms with Crippen LogP contribution in [0.15, 0.2) is 48.5 Å². The van der Waals surface area contributed by atoms with Crippen molar-refractivity contribution in [2.45, 2.75) is 50.9 Å². The molecule has 33 heavy (non-hydrogen) atoms. The van der Waals surface area contributed by atoms with Crippen LogP contribution in [0.5, 0.6) is 0 Å². The highest BCUT2D eigenvalue weighted by Crippen LogP contribution is 2.33. The zero-order valence-electron chi connectivity index (χ0n) is 18.8. The van der Waals surface area contributed by atoms with Crippen LogP contribution in [0.1, 0.15) is 53.9 Å². The summed E-state index contributed by atoms with van der Waals surface area (Å²) < 4.78 is 0. The monoisotopic (exact) mass is 469 g/mol. The number of nitrogens with one attached hydrogen (secondary N) is 1. The zero-order chi connectivity index (χ0) is 23.2. The predicted octanol–water partition coefficient (Wildman–Crippen LogP) is 4.15. The van der Waals surface area contributed by atoms with Gasteiger partial charge in [0.05, 0.1) is 0 Å². The van der Waals surface area contributed by atoms with Gasteiger partial charge in [0, 0.05) is 31.1 Å². The van der Waals surface area contributed by atoms with Gasteiger partial charge in [-0.05, 0) is 78.7 Å². The number of halogens is 1. The van der Waals surface area contributed by atoms with Crippen molar-refractivity contribution in [3.8, 4) is 0 Å². The molecule has 2 fully saturated rings. The second kappa shape index (κ2) is 11.3. The third-order valence-electron chi connectivity index (χ3n) is 6.65. The minimum Gasteiger partial charge on any atom is -0.373 e. The van der Waals surface area contributed by atoms with Gasteiger partial charge in [-0.15, -0.1) is 0 Å². The number of benzene rings is 2. The SMILES string of the molecule is O=C1CCCN1Cc1cc(Cl)ccc1C1CCN(Cc2ccc(/C=C/C(O)NO)cc2)CC1. The molecule has 1 amide bonds. The molecule has 7 heteroatoms. The highest BCUT2D eigenvalue weighted by atomic mass is 35.5. The molecule has 0 saturated carbocycles. The lowest BCUT2D eigenvalue weighted by atomic mass is 9.86. The molecule has 2 heterocycles. The number of carbonyl (C=O) groups excluding carboxylic acids is 1. The molecule has 0 bridgehead atoms. The predicted molar refractivity (Wildman–Crippen MR) is 130 cm³/mol. The zero-order valence-corrected chi connectivity index (χ0v) is 19.5. The van der Waals surface area contributed by atoms with E-state index in [9.17, 15) is 9.90 Å². The summed E-state index contributed by atoms with van der Waals surface area (Å²) in [5.41, 5.74) is 6.54. The van der Waals surface area contributed by atoms with Crippen LogP contribution in [0.4, 0.5) is 0 Å². The summed E-state index contributed by atoms with van der Waals surface area (Å²) in [6.07, 6.45) is 5.99. The van der Waals surface area contributed by atoms with Gasteiger partial charge in [-0.3, -0.25) is 9.69 Å². The van der Waals surface area contributed by atoms with E-state index in [-0.39, 0.29) is 5.91 Å². The summed E-state index contributed by atoms with van der Waals surface area (Å²) in [4.78, 5) is 16.6. The number of piperidine rings is 1. The van der Waals surface area contributed by atoms with Gasteiger partial charge in [0.2, 0.25) is 5.91 Å². The molecular weight excluding hydrogens is 438 g/mol.